The largest absolute Gasteiger partial charge is 0.356 e. The van der Waals surface area contributed by atoms with Gasteiger partial charge in [0.2, 0.25) is 5.91 Å². The summed E-state index contributed by atoms with van der Waals surface area (Å²) in [5.74, 6) is 0.694. The fourth-order valence-electron chi connectivity index (χ4n) is 2.03. The third kappa shape index (κ3) is 6.74. The number of hydrogen-bond acceptors (Lipinski definition) is 1. The fourth-order valence-corrected chi connectivity index (χ4v) is 2.03. The van der Waals surface area contributed by atoms with Crippen LogP contribution in [-0.4, -0.2) is 12.5 Å². The van der Waals surface area contributed by atoms with Crippen molar-refractivity contribution in [2.45, 2.75) is 59.8 Å². The molecule has 0 saturated carbocycles. The van der Waals surface area contributed by atoms with Crippen LogP contribution in [0.1, 0.15) is 64.5 Å². The number of rotatable bonds is 6. The monoisotopic (exact) mass is 275 g/mol. The molecule has 2 heteroatoms. The quantitative estimate of drug-likeness (QED) is 0.824. The van der Waals surface area contributed by atoms with Gasteiger partial charge in [-0.15, -0.1) is 0 Å². The van der Waals surface area contributed by atoms with Crippen molar-refractivity contribution >= 4 is 5.91 Å². The van der Waals surface area contributed by atoms with Crippen LogP contribution in [0.4, 0.5) is 0 Å². The summed E-state index contributed by atoms with van der Waals surface area (Å²) in [6.07, 6.45) is 2.41. The molecule has 0 aliphatic rings. The molecule has 0 heterocycles. The summed E-state index contributed by atoms with van der Waals surface area (Å²) in [6.45, 7) is 11.7. The van der Waals surface area contributed by atoms with Gasteiger partial charge < -0.3 is 5.32 Å². The standard InChI is InChI=1S/C18H29NO/c1-14(2)16-8-6-7-15(13-16)9-10-17(20)19-12-11-18(3,4)5/h6-8,13-14H,9-12H2,1-5H3,(H,19,20). The summed E-state index contributed by atoms with van der Waals surface area (Å²) in [6, 6.07) is 8.56. The van der Waals surface area contributed by atoms with Gasteiger partial charge in [-0.25, -0.2) is 0 Å². The molecule has 0 aliphatic carbocycles. The van der Waals surface area contributed by atoms with E-state index < -0.39 is 0 Å². The highest BCUT2D eigenvalue weighted by atomic mass is 16.1. The van der Waals surface area contributed by atoms with Crippen molar-refractivity contribution < 1.29 is 4.79 Å². The van der Waals surface area contributed by atoms with E-state index in [9.17, 15) is 4.79 Å². The predicted octanol–water partition coefficient (Wildman–Crippen LogP) is 4.30. The molecule has 1 amide bonds. The zero-order valence-electron chi connectivity index (χ0n) is 13.6. The molecule has 0 unspecified atom stereocenters. The lowest BCUT2D eigenvalue weighted by Gasteiger charge is -2.18. The second-order valence-corrected chi connectivity index (χ2v) is 7.06. The average molecular weight is 275 g/mol. The molecule has 1 rings (SSSR count). The van der Waals surface area contributed by atoms with E-state index in [1.165, 1.54) is 11.1 Å². The Morgan fingerprint density at radius 2 is 1.95 bits per heavy atom. The molecule has 2 nitrogen and oxygen atoms in total. The van der Waals surface area contributed by atoms with Crippen molar-refractivity contribution in [2.24, 2.45) is 5.41 Å². The maximum atomic E-state index is 11.8. The van der Waals surface area contributed by atoms with Crippen LogP contribution in [0.2, 0.25) is 0 Å². The van der Waals surface area contributed by atoms with Gasteiger partial charge in [0, 0.05) is 13.0 Å². The normalized spacial score (nSPS) is 11.7. The number of benzene rings is 1. The molecule has 0 bridgehead atoms. The molecule has 0 radical (unpaired) electrons. The first-order valence-electron chi connectivity index (χ1n) is 7.63. The van der Waals surface area contributed by atoms with Gasteiger partial charge in [-0.3, -0.25) is 4.79 Å². The van der Waals surface area contributed by atoms with E-state index >= 15 is 0 Å². The fraction of sp³-hybridized carbons (Fsp3) is 0.611. The van der Waals surface area contributed by atoms with Gasteiger partial charge in [0.1, 0.15) is 0 Å². The molecule has 0 fully saturated rings. The van der Waals surface area contributed by atoms with E-state index in [1.807, 2.05) is 0 Å². The van der Waals surface area contributed by atoms with Crippen LogP contribution in [0.15, 0.2) is 24.3 Å². The van der Waals surface area contributed by atoms with Crippen molar-refractivity contribution in [3.8, 4) is 0 Å². The molecule has 0 aliphatic heterocycles. The van der Waals surface area contributed by atoms with Crippen LogP contribution in [-0.2, 0) is 11.2 Å². The van der Waals surface area contributed by atoms with Crippen molar-refractivity contribution in [1.29, 1.82) is 0 Å². The molecule has 112 valence electrons. The maximum absolute atomic E-state index is 11.8. The van der Waals surface area contributed by atoms with Crippen molar-refractivity contribution in [3.63, 3.8) is 0 Å². The minimum absolute atomic E-state index is 0.157. The Morgan fingerprint density at radius 1 is 1.25 bits per heavy atom. The highest BCUT2D eigenvalue weighted by Crippen LogP contribution is 2.17. The minimum Gasteiger partial charge on any atom is -0.356 e. The van der Waals surface area contributed by atoms with Crippen molar-refractivity contribution in [2.75, 3.05) is 6.54 Å². The van der Waals surface area contributed by atoms with Crippen LogP contribution in [0.5, 0.6) is 0 Å². The maximum Gasteiger partial charge on any atom is 0.220 e. The summed E-state index contributed by atoms with van der Waals surface area (Å²) < 4.78 is 0. The first-order chi connectivity index (χ1) is 9.28. The Labute approximate surface area is 124 Å². The van der Waals surface area contributed by atoms with E-state index in [0.29, 0.717) is 12.3 Å². The molecule has 0 spiro atoms. The average Bonchev–Trinajstić information content (AvgIpc) is 2.35. The van der Waals surface area contributed by atoms with E-state index in [1.54, 1.807) is 0 Å². The molecular formula is C18H29NO. The van der Waals surface area contributed by atoms with E-state index in [0.717, 1.165) is 19.4 Å². The van der Waals surface area contributed by atoms with Gasteiger partial charge in [-0.1, -0.05) is 58.9 Å². The van der Waals surface area contributed by atoms with Gasteiger partial charge in [0.25, 0.3) is 0 Å². The molecule has 0 atom stereocenters. The Morgan fingerprint density at radius 3 is 2.55 bits per heavy atom. The topological polar surface area (TPSA) is 29.1 Å². The van der Waals surface area contributed by atoms with E-state index in [-0.39, 0.29) is 11.3 Å². The first kappa shape index (κ1) is 16.7. The number of carbonyl (C=O) groups is 1. The number of carbonyl (C=O) groups excluding carboxylic acids is 1. The Bertz CT molecular complexity index is 429. The summed E-state index contributed by atoms with van der Waals surface area (Å²) in [5.41, 5.74) is 2.87. The minimum atomic E-state index is 0.157. The Kier molecular flexibility index (Phi) is 6.25. The number of amides is 1. The summed E-state index contributed by atoms with van der Waals surface area (Å²) in [7, 11) is 0. The Balaban J connectivity index is 2.36. The molecule has 1 N–H and O–H groups in total. The van der Waals surface area contributed by atoms with Crippen LogP contribution in [0.3, 0.4) is 0 Å². The number of hydrogen-bond donors (Lipinski definition) is 1. The van der Waals surface area contributed by atoms with Crippen molar-refractivity contribution in [1.82, 2.24) is 5.32 Å². The first-order valence-corrected chi connectivity index (χ1v) is 7.63. The van der Waals surface area contributed by atoms with Crippen molar-refractivity contribution in [3.05, 3.63) is 35.4 Å². The predicted molar refractivity (Wildman–Crippen MR) is 85.9 cm³/mol. The number of aryl methyl sites for hydroxylation is 1. The molecule has 1 aromatic carbocycles. The van der Waals surface area contributed by atoms with Crippen LogP contribution in [0.25, 0.3) is 0 Å². The molecular weight excluding hydrogens is 246 g/mol. The Hall–Kier alpha value is -1.31. The second kappa shape index (κ2) is 7.47. The van der Waals surface area contributed by atoms with E-state index in [2.05, 4.69) is 64.2 Å². The third-order valence-electron chi connectivity index (χ3n) is 3.46. The van der Waals surface area contributed by atoms with Gasteiger partial charge in [0.15, 0.2) is 0 Å². The van der Waals surface area contributed by atoms with Gasteiger partial charge >= 0.3 is 0 Å². The summed E-state index contributed by atoms with van der Waals surface area (Å²) in [4.78, 5) is 11.8. The summed E-state index contributed by atoms with van der Waals surface area (Å²) in [5, 5.41) is 3.01. The molecule has 0 aromatic heterocycles. The molecule has 20 heavy (non-hydrogen) atoms. The zero-order valence-corrected chi connectivity index (χ0v) is 13.6. The van der Waals surface area contributed by atoms with Gasteiger partial charge in [-0.05, 0) is 35.3 Å². The lowest BCUT2D eigenvalue weighted by molar-refractivity contribution is -0.121. The van der Waals surface area contributed by atoms with Crippen LogP contribution in [0, 0.1) is 5.41 Å². The zero-order chi connectivity index (χ0) is 15.2. The number of nitrogens with one attached hydrogen (secondary N) is 1. The smallest absolute Gasteiger partial charge is 0.220 e. The third-order valence-corrected chi connectivity index (χ3v) is 3.46. The van der Waals surface area contributed by atoms with Gasteiger partial charge in [-0.2, -0.15) is 0 Å². The lowest BCUT2D eigenvalue weighted by Crippen LogP contribution is -2.27. The van der Waals surface area contributed by atoms with Crippen LogP contribution >= 0.6 is 0 Å². The highest BCUT2D eigenvalue weighted by Gasteiger charge is 2.10. The van der Waals surface area contributed by atoms with Crippen LogP contribution < -0.4 is 5.32 Å². The lowest BCUT2D eigenvalue weighted by atomic mass is 9.92. The van der Waals surface area contributed by atoms with Gasteiger partial charge in [0.05, 0.1) is 0 Å². The SMILES string of the molecule is CC(C)c1cccc(CCC(=O)NCCC(C)(C)C)c1. The summed E-state index contributed by atoms with van der Waals surface area (Å²) >= 11 is 0. The second-order valence-electron chi connectivity index (χ2n) is 7.06. The highest BCUT2D eigenvalue weighted by molar-refractivity contribution is 5.76. The van der Waals surface area contributed by atoms with E-state index in [4.69, 9.17) is 0 Å². The molecule has 0 saturated heterocycles. The molecule has 1 aromatic rings.